The molecule has 0 spiro atoms. The van der Waals surface area contributed by atoms with Gasteiger partial charge in [0.05, 0.1) is 24.6 Å². The van der Waals surface area contributed by atoms with E-state index in [2.05, 4.69) is 56.5 Å². The molecule has 2 amide bonds. The van der Waals surface area contributed by atoms with Gasteiger partial charge in [0.15, 0.2) is 0 Å². The van der Waals surface area contributed by atoms with E-state index in [1.165, 1.54) is 36.0 Å². The van der Waals surface area contributed by atoms with Crippen molar-refractivity contribution < 1.29 is 19.4 Å². The van der Waals surface area contributed by atoms with Gasteiger partial charge in [-0.15, -0.1) is 0 Å². The van der Waals surface area contributed by atoms with Crippen LogP contribution in [0.5, 0.6) is 11.6 Å². The van der Waals surface area contributed by atoms with Crippen LogP contribution in [0.4, 0.5) is 11.4 Å². The first-order valence-corrected chi connectivity index (χ1v) is 19.1. The van der Waals surface area contributed by atoms with Crippen molar-refractivity contribution >= 4 is 23.2 Å². The molecule has 0 radical (unpaired) electrons. The van der Waals surface area contributed by atoms with Crippen LogP contribution in [0.2, 0.25) is 0 Å². The molecule has 3 aromatic carbocycles. The maximum Gasteiger partial charge on any atom is 0.264 e. The molecule has 1 fully saturated rings. The number of likely N-dealkylation sites (tertiary alicyclic amines) is 1. The molecule has 3 aliphatic rings. The van der Waals surface area contributed by atoms with Crippen LogP contribution in [0.15, 0.2) is 85.1 Å². The predicted octanol–water partition coefficient (Wildman–Crippen LogP) is 6.79. The van der Waals surface area contributed by atoms with Gasteiger partial charge in [-0.2, -0.15) is 0 Å². The second kappa shape index (κ2) is 15.1. The Morgan fingerprint density at radius 2 is 1.67 bits per heavy atom. The summed E-state index contributed by atoms with van der Waals surface area (Å²) >= 11 is 0. The number of amides is 2. The van der Waals surface area contributed by atoms with Crippen molar-refractivity contribution in [2.75, 3.05) is 38.2 Å². The Balaban J connectivity index is 1.21. The Morgan fingerprint density at radius 3 is 2.41 bits per heavy atom. The van der Waals surface area contributed by atoms with Crippen molar-refractivity contribution in [3.8, 4) is 22.9 Å². The summed E-state index contributed by atoms with van der Waals surface area (Å²) in [6.07, 6.45) is 6.96. The maximum atomic E-state index is 15.2. The number of nitrogens with zero attached hydrogens (tertiary/aromatic N) is 5. The molecule has 0 aliphatic carbocycles. The predicted molar refractivity (Wildman–Crippen MR) is 210 cm³/mol. The highest BCUT2D eigenvalue weighted by atomic mass is 16.5. The quantitative estimate of drug-likeness (QED) is 0.182. The van der Waals surface area contributed by atoms with Crippen molar-refractivity contribution in [3.05, 3.63) is 124 Å². The van der Waals surface area contributed by atoms with Crippen LogP contribution >= 0.6 is 0 Å². The number of fused-ring (bicyclic) bond motifs is 2. The van der Waals surface area contributed by atoms with Gasteiger partial charge in [0.1, 0.15) is 5.75 Å². The summed E-state index contributed by atoms with van der Waals surface area (Å²) in [5.41, 5.74) is 9.60. The first-order chi connectivity index (χ1) is 26.3. The summed E-state index contributed by atoms with van der Waals surface area (Å²) in [5.74, 6) is 0.311. The van der Waals surface area contributed by atoms with E-state index in [4.69, 9.17) is 4.74 Å². The molecular formula is C44H48N6O4. The molecule has 0 saturated carbocycles. The Bertz CT molecular complexity index is 2170. The second-order valence-corrected chi connectivity index (χ2v) is 14.8. The Morgan fingerprint density at radius 1 is 0.907 bits per heavy atom. The average molecular weight is 725 g/mol. The molecule has 8 rings (SSSR count). The minimum Gasteiger partial charge on any atom is -0.508 e. The summed E-state index contributed by atoms with van der Waals surface area (Å²) in [7, 11) is 3.52. The van der Waals surface area contributed by atoms with E-state index in [0.29, 0.717) is 41.5 Å². The molecule has 10 heteroatoms. The Hall–Kier alpha value is -5.45. The normalized spacial score (nSPS) is 17.1. The largest absolute Gasteiger partial charge is 0.508 e. The van der Waals surface area contributed by atoms with Gasteiger partial charge in [-0.25, -0.2) is 4.98 Å². The fourth-order valence-corrected chi connectivity index (χ4v) is 8.41. The van der Waals surface area contributed by atoms with Crippen molar-refractivity contribution in [2.45, 2.75) is 58.2 Å². The lowest BCUT2D eigenvalue weighted by molar-refractivity contribution is 0.0566. The Labute approximate surface area is 317 Å². The number of pyridine rings is 1. The zero-order valence-corrected chi connectivity index (χ0v) is 31.3. The number of phenolic OH excluding ortho intramolecular Hbond substituents is 1. The van der Waals surface area contributed by atoms with Crippen molar-refractivity contribution in [2.24, 2.45) is 7.05 Å². The number of phenols is 1. The lowest BCUT2D eigenvalue weighted by Gasteiger charge is -2.41. The van der Waals surface area contributed by atoms with Gasteiger partial charge in [0, 0.05) is 67.0 Å². The van der Waals surface area contributed by atoms with E-state index in [0.717, 1.165) is 61.5 Å². The monoisotopic (exact) mass is 724 g/mol. The van der Waals surface area contributed by atoms with Gasteiger partial charge in [-0.05, 0) is 123 Å². The molecule has 5 aromatic rings. The Kier molecular flexibility index (Phi) is 9.96. The highest BCUT2D eigenvalue weighted by Crippen LogP contribution is 2.37. The number of anilines is 2. The number of methoxy groups -OCH3 is 1. The number of hydrogen-bond donors (Lipinski definition) is 2. The first-order valence-electron chi connectivity index (χ1n) is 19.1. The molecular weight excluding hydrogens is 677 g/mol. The molecule has 1 atom stereocenters. The number of rotatable bonds is 8. The molecule has 5 heterocycles. The number of aromatic hydroxyl groups is 1. The van der Waals surface area contributed by atoms with E-state index in [1.807, 2.05) is 24.6 Å². The number of nitrogens with one attached hydrogen (secondary N) is 1. The fraction of sp³-hybridized carbons (Fsp3) is 0.341. The number of hydrogen-bond acceptors (Lipinski definition) is 7. The molecule has 2 aromatic heterocycles. The summed E-state index contributed by atoms with van der Waals surface area (Å²) in [4.78, 5) is 40.6. The van der Waals surface area contributed by atoms with E-state index < -0.39 is 0 Å². The third-order valence-corrected chi connectivity index (χ3v) is 11.5. The van der Waals surface area contributed by atoms with Crippen LogP contribution in [0.25, 0.3) is 11.3 Å². The molecule has 0 unspecified atom stereocenters. The van der Waals surface area contributed by atoms with Crippen molar-refractivity contribution in [3.63, 3.8) is 0 Å². The SMILES string of the molecule is COc1ccc(N(C(=O)c2cc(-c3cc4c(cc3C(=O)N3Cc5ccccc5C[C@H]3CN3CCCCC3)CNCC4)n(C)c2C)c2ccc(O)cc2)cn1. The van der Waals surface area contributed by atoms with E-state index in [-0.39, 0.29) is 23.6 Å². The molecule has 3 aliphatic heterocycles. The van der Waals surface area contributed by atoms with Gasteiger partial charge in [-0.1, -0.05) is 30.7 Å². The number of ether oxygens (including phenoxy) is 1. The van der Waals surface area contributed by atoms with Crippen LogP contribution in [0.3, 0.4) is 0 Å². The van der Waals surface area contributed by atoms with Crippen LogP contribution in [0.1, 0.15) is 67.9 Å². The van der Waals surface area contributed by atoms with E-state index in [1.54, 1.807) is 54.6 Å². The van der Waals surface area contributed by atoms with Crippen molar-refractivity contribution in [1.82, 2.24) is 24.7 Å². The number of carbonyl (C=O) groups excluding carboxylic acids is 2. The highest BCUT2D eigenvalue weighted by Gasteiger charge is 2.35. The molecule has 278 valence electrons. The molecule has 0 bridgehead atoms. The molecule has 1 saturated heterocycles. The number of piperidine rings is 1. The average Bonchev–Trinajstić information content (AvgIpc) is 3.51. The number of aromatic nitrogens is 2. The third-order valence-electron chi connectivity index (χ3n) is 11.5. The fourth-order valence-electron chi connectivity index (χ4n) is 8.41. The third kappa shape index (κ3) is 6.87. The van der Waals surface area contributed by atoms with Gasteiger partial charge >= 0.3 is 0 Å². The maximum absolute atomic E-state index is 15.2. The van der Waals surface area contributed by atoms with Gasteiger partial charge in [-0.3, -0.25) is 14.5 Å². The second-order valence-electron chi connectivity index (χ2n) is 14.8. The summed E-state index contributed by atoms with van der Waals surface area (Å²) in [6, 6.07) is 24.9. The topological polar surface area (TPSA) is 103 Å². The minimum atomic E-state index is -0.253. The molecule has 10 nitrogen and oxygen atoms in total. The zero-order valence-electron chi connectivity index (χ0n) is 31.3. The van der Waals surface area contributed by atoms with E-state index >= 15 is 4.79 Å². The molecule has 54 heavy (non-hydrogen) atoms. The summed E-state index contributed by atoms with van der Waals surface area (Å²) in [5, 5.41) is 13.6. The van der Waals surface area contributed by atoms with Gasteiger partial charge in [0.25, 0.3) is 11.8 Å². The smallest absolute Gasteiger partial charge is 0.264 e. The van der Waals surface area contributed by atoms with Gasteiger partial charge in [0.2, 0.25) is 5.88 Å². The number of carbonyl (C=O) groups is 2. The lowest BCUT2D eigenvalue weighted by atomic mass is 9.89. The van der Waals surface area contributed by atoms with Crippen LogP contribution < -0.4 is 15.0 Å². The highest BCUT2D eigenvalue weighted by molar-refractivity contribution is 6.12. The zero-order chi connectivity index (χ0) is 37.3. The summed E-state index contributed by atoms with van der Waals surface area (Å²) < 4.78 is 7.32. The van der Waals surface area contributed by atoms with Crippen LogP contribution in [-0.2, 0) is 33.0 Å². The van der Waals surface area contributed by atoms with Crippen LogP contribution in [-0.4, -0.2) is 75.6 Å². The standard InChI is InChI=1S/C44H48N6O4/c1-29-38(44(53)50(34-11-14-37(51)15-12-34)35-13-16-42(54-3)46-26-35)24-41(47(29)2)39-22-31-17-18-45-25-33(31)23-40(39)43(52)49-27-32-10-6-5-9-30(32)21-36(49)28-48-19-7-4-8-20-48/h5-6,9-16,22-24,26,36,45,51H,4,7-8,17-21,25,27-28H2,1-3H3/t36-/m0/s1. The van der Waals surface area contributed by atoms with E-state index in [9.17, 15) is 9.90 Å². The van der Waals surface area contributed by atoms with Crippen molar-refractivity contribution in [1.29, 1.82) is 0 Å². The summed E-state index contributed by atoms with van der Waals surface area (Å²) in [6.45, 7) is 7.09. The minimum absolute atomic E-state index is 0.0247. The first kappa shape index (κ1) is 35.6. The van der Waals surface area contributed by atoms with Gasteiger partial charge < -0.3 is 29.5 Å². The van der Waals surface area contributed by atoms with Crippen LogP contribution in [0, 0.1) is 6.92 Å². The number of benzene rings is 3. The molecule has 2 N–H and O–H groups in total. The lowest BCUT2D eigenvalue weighted by Crippen LogP contribution is -2.51.